The highest BCUT2D eigenvalue weighted by Gasteiger charge is 2.21. The molecule has 24 heavy (non-hydrogen) atoms. The molecule has 0 fully saturated rings. The number of alkyl halides is 1. The lowest BCUT2D eigenvalue weighted by Crippen LogP contribution is -2.05. The molecule has 1 aromatic heterocycles. The van der Waals surface area contributed by atoms with Crippen LogP contribution >= 0.6 is 27.5 Å². The van der Waals surface area contributed by atoms with Crippen LogP contribution in [0.1, 0.15) is 16.8 Å². The molecule has 0 amide bonds. The maximum Gasteiger partial charge on any atom is 0.187 e. The maximum absolute atomic E-state index is 7.05. The first-order valence-corrected chi connectivity index (χ1v) is 8.74. The van der Waals surface area contributed by atoms with Crippen LogP contribution in [0.5, 0.6) is 0 Å². The molecule has 1 aliphatic heterocycles. The van der Waals surface area contributed by atoms with Gasteiger partial charge in [0.25, 0.3) is 0 Å². The minimum Gasteiger partial charge on any atom is -0.364 e. The van der Waals surface area contributed by atoms with Gasteiger partial charge in [0.1, 0.15) is 5.50 Å². The van der Waals surface area contributed by atoms with Gasteiger partial charge in [0.05, 0.1) is 12.3 Å². The van der Waals surface area contributed by atoms with Crippen LogP contribution in [0.25, 0.3) is 16.0 Å². The van der Waals surface area contributed by atoms with Crippen LogP contribution in [0.15, 0.2) is 59.2 Å². The second kappa shape index (κ2) is 6.01. The van der Waals surface area contributed by atoms with Gasteiger partial charge < -0.3 is 9.88 Å². The Morgan fingerprint density at radius 2 is 1.92 bits per heavy atom. The summed E-state index contributed by atoms with van der Waals surface area (Å²) < 4.78 is 3.24. The molecule has 5 heteroatoms. The van der Waals surface area contributed by atoms with Crippen molar-refractivity contribution in [1.29, 1.82) is 0 Å². The van der Waals surface area contributed by atoms with Gasteiger partial charge in [-0.25, -0.2) is 4.85 Å². The monoisotopic (exact) mass is 397 g/mol. The minimum atomic E-state index is -0.288. The second-order valence-corrected chi connectivity index (χ2v) is 7.10. The highest BCUT2D eigenvalue weighted by molar-refractivity contribution is 9.10. The Hall–Kier alpha value is -2.22. The molecule has 0 saturated heterocycles. The Kier molecular flexibility index (Phi) is 3.84. The summed E-state index contributed by atoms with van der Waals surface area (Å²) in [4.78, 5) is 3.44. The molecule has 4 rings (SSSR count). The van der Waals surface area contributed by atoms with E-state index in [0.717, 1.165) is 33.5 Å². The predicted molar refractivity (Wildman–Crippen MR) is 102 cm³/mol. The lowest BCUT2D eigenvalue weighted by atomic mass is 10.1. The average Bonchev–Trinajstić information content (AvgIpc) is 2.96. The molecule has 1 aliphatic rings. The minimum absolute atomic E-state index is 0.288. The van der Waals surface area contributed by atoms with Crippen molar-refractivity contribution in [3.8, 4) is 11.1 Å². The third-order valence-electron chi connectivity index (χ3n) is 4.21. The zero-order chi connectivity index (χ0) is 16.7. The van der Waals surface area contributed by atoms with E-state index in [9.17, 15) is 0 Å². The van der Waals surface area contributed by atoms with Crippen molar-refractivity contribution < 1.29 is 0 Å². The molecular weight excluding hydrogens is 386 g/mol. The van der Waals surface area contributed by atoms with Gasteiger partial charge in [-0.15, -0.1) is 0 Å². The summed E-state index contributed by atoms with van der Waals surface area (Å²) in [6, 6.07) is 15.9. The fraction of sp³-hybridized carbons (Fsp3) is 0.105. The number of anilines is 1. The van der Waals surface area contributed by atoms with Crippen molar-refractivity contribution in [2.45, 2.75) is 12.0 Å². The standard InChI is InChI=1S/C19H13BrClN3/c1-22-16-5-2-12(3-6-16)13-9-18-19(21)23-17-7-4-15(20)8-14(17)11-24(18)10-13/h2-10,19,23H,11H2. The Labute approximate surface area is 153 Å². The summed E-state index contributed by atoms with van der Waals surface area (Å²) in [5.74, 6) is 0. The SMILES string of the molecule is [C-]#[N+]c1ccc(-c2cc3n(c2)Cc2cc(Br)ccc2NC3Cl)cc1. The van der Waals surface area contributed by atoms with Crippen molar-refractivity contribution >= 4 is 38.9 Å². The Morgan fingerprint density at radius 1 is 1.12 bits per heavy atom. The smallest absolute Gasteiger partial charge is 0.187 e. The van der Waals surface area contributed by atoms with E-state index in [0.29, 0.717) is 5.69 Å². The molecule has 118 valence electrons. The van der Waals surface area contributed by atoms with E-state index in [1.165, 1.54) is 5.56 Å². The third kappa shape index (κ3) is 2.71. The first kappa shape index (κ1) is 15.3. The molecule has 2 aromatic carbocycles. The van der Waals surface area contributed by atoms with Crippen LogP contribution in [0.4, 0.5) is 11.4 Å². The highest BCUT2D eigenvalue weighted by atomic mass is 79.9. The summed E-state index contributed by atoms with van der Waals surface area (Å²) in [5, 5.41) is 3.37. The Bertz CT molecular complexity index is 954. The van der Waals surface area contributed by atoms with Gasteiger partial charge in [0, 0.05) is 22.9 Å². The van der Waals surface area contributed by atoms with Gasteiger partial charge in [-0.2, -0.15) is 0 Å². The molecule has 0 bridgehead atoms. The van der Waals surface area contributed by atoms with Gasteiger partial charge in [-0.05, 0) is 41.0 Å². The van der Waals surface area contributed by atoms with E-state index in [1.54, 1.807) is 0 Å². The number of nitrogens with zero attached hydrogens (tertiary/aromatic N) is 2. The number of hydrogen-bond acceptors (Lipinski definition) is 1. The highest BCUT2D eigenvalue weighted by Crippen LogP contribution is 2.35. The average molecular weight is 399 g/mol. The summed E-state index contributed by atoms with van der Waals surface area (Å²) >= 11 is 10.1. The van der Waals surface area contributed by atoms with Crippen LogP contribution in [0.3, 0.4) is 0 Å². The molecule has 0 spiro atoms. The van der Waals surface area contributed by atoms with Crippen molar-refractivity contribution in [2.75, 3.05) is 5.32 Å². The molecule has 1 unspecified atom stereocenters. The third-order valence-corrected chi connectivity index (χ3v) is 5.04. The zero-order valence-electron chi connectivity index (χ0n) is 12.6. The lowest BCUT2D eigenvalue weighted by Gasteiger charge is -2.11. The predicted octanol–water partition coefficient (Wildman–Crippen LogP) is 6.18. The van der Waals surface area contributed by atoms with Crippen LogP contribution < -0.4 is 5.32 Å². The van der Waals surface area contributed by atoms with Gasteiger partial charge in [-0.3, -0.25) is 0 Å². The number of aromatic nitrogens is 1. The summed E-state index contributed by atoms with van der Waals surface area (Å²) in [5.41, 5.74) is 5.84. The van der Waals surface area contributed by atoms with Crippen LogP contribution in [-0.4, -0.2) is 4.57 Å². The molecule has 3 nitrogen and oxygen atoms in total. The second-order valence-electron chi connectivity index (χ2n) is 5.75. The van der Waals surface area contributed by atoms with Gasteiger partial charge in [0.2, 0.25) is 0 Å². The van der Waals surface area contributed by atoms with E-state index in [-0.39, 0.29) is 5.50 Å². The summed E-state index contributed by atoms with van der Waals surface area (Å²) in [6.45, 7) is 7.82. The van der Waals surface area contributed by atoms with Crippen molar-refractivity contribution in [3.05, 3.63) is 81.9 Å². The van der Waals surface area contributed by atoms with Gasteiger partial charge in [-0.1, -0.05) is 51.8 Å². The van der Waals surface area contributed by atoms with E-state index in [4.69, 9.17) is 18.2 Å². The topological polar surface area (TPSA) is 21.3 Å². The first-order valence-electron chi connectivity index (χ1n) is 7.51. The number of halogens is 2. The number of rotatable bonds is 1. The van der Waals surface area contributed by atoms with E-state index >= 15 is 0 Å². The molecule has 0 aliphatic carbocycles. The molecule has 3 aromatic rings. The van der Waals surface area contributed by atoms with Crippen LogP contribution in [0.2, 0.25) is 0 Å². The van der Waals surface area contributed by atoms with Crippen LogP contribution in [0, 0.1) is 6.57 Å². The molecule has 2 heterocycles. The number of nitrogens with one attached hydrogen (secondary N) is 1. The van der Waals surface area contributed by atoms with Crippen molar-refractivity contribution in [2.24, 2.45) is 0 Å². The molecule has 1 N–H and O–H groups in total. The fourth-order valence-corrected chi connectivity index (χ4v) is 3.71. The molecule has 1 atom stereocenters. The Morgan fingerprint density at radius 3 is 2.67 bits per heavy atom. The molecule has 0 radical (unpaired) electrons. The Balaban J connectivity index is 1.76. The largest absolute Gasteiger partial charge is 0.364 e. The van der Waals surface area contributed by atoms with Gasteiger partial charge in [0.15, 0.2) is 5.69 Å². The van der Waals surface area contributed by atoms with Crippen molar-refractivity contribution in [1.82, 2.24) is 4.57 Å². The first-order chi connectivity index (χ1) is 11.6. The summed E-state index contributed by atoms with van der Waals surface area (Å²) in [6.07, 6.45) is 2.12. The van der Waals surface area contributed by atoms with Crippen LogP contribution in [-0.2, 0) is 6.54 Å². The van der Waals surface area contributed by atoms with E-state index in [1.807, 2.05) is 36.4 Å². The lowest BCUT2D eigenvalue weighted by molar-refractivity contribution is 0.766. The van der Waals surface area contributed by atoms with E-state index in [2.05, 4.69) is 49.0 Å². The number of hydrogen-bond donors (Lipinski definition) is 1. The van der Waals surface area contributed by atoms with E-state index < -0.39 is 0 Å². The quantitative estimate of drug-likeness (QED) is 0.295. The number of benzene rings is 2. The number of fused-ring (bicyclic) bond motifs is 2. The maximum atomic E-state index is 7.05. The fourth-order valence-electron chi connectivity index (χ4n) is 2.99. The molecular formula is C19H13BrClN3. The van der Waals surface area contributed by atoms with Gasteiger partial charge >= 0.3 is 0 Å². The summed E-state index contributed by atoms with van der Waals surface area (Å²) in [7, 11) is 0. The van der Waals surface area contributed by atoms with Crippen molar-refractivity contribution in [3.63, 3.8) is 0 Å². The normalized spacial score (nSPS) is 15.6. The zero-order valence-corrected chi connectivity index (χ0v) is 15.0. The molecule has 0 saturated carbocycles.